The zero-order chi connectivity index (χ0) is 41.9. The van der Waals surface area contributed by atoms with Crippen molar-refractivity contribution >= 4 is 98.9 Å². The molecule has 0 radical (unpaired) electrons. The van der Waals surface area contributed by atoms with Crippen LogP contribution in [-0.2, 0) is 0 Å². The quantitative estimate of drug-likeness (QED) is 0.167. The van der Waals surface area contributed by atoms with Gasteiger partial charge in [-0.05, 0) is 119 Å². The van der Waals surface area contributed by atoms with Crippen LogP contribution in [0.5, 0.6) is 0 Å². The summed E-state index contributed by atoms with van der Waals surface area (Å²) < 4.78 is 11.1. The number of hydrogen-bond donors (Lipinski definition) is 0. The molecule has 0 saturated heterocycles. The molecule has 0 unspecified atom stereocenters. The van der Waals surface area contributed by atoms with Gasteiger partial charge in [-0.3, -0.25) is 0 Å². The van der Waals surface area contributed by atoms with Crippen LogP contribution >= 0.6 is 0 Å². The number of hydrogen-bond acceptors (Lipinski definition) is 2. The van der Waals surface area contributed by atoms with Crippen molar-refractivity contribution in [1.82, 2.24) is 8.97 Å². The zero-order valence-corrected chi connectivity index (χ0v) is 34.6. The van der Waals surface area contributed by atoms with Crippen LogP contribution in [0.3, 0.4) is 0 Å². The monoisotopic (exact) mass is 815 g/mol. The Morgan fingerprint density at radius 2 is 0.797 bits per heavy atom. The fourth-order valence-corrected chi connectivity index (χ4v) is 10.5. The maximum Gasteiger partial charge on any atom is 0.136 e. The van der Waals surface area contributed by atoms with E-state index < -0.39 is 0 Å². The predicted molar refractivity (Wildman–Crippen MR) is 268 cm³/mol. The van der Waals surface area contributed by atoms with Gasteiger partial charge < -0.3 is 18.3 Å². The first kappa shape index (κ1) is 35.0. The summed E-state index contributed by atoms with van der Waals surface area (Å²) in [6.45, 7) is 0. The molecular weight excluding hydrogens is 779 g/mol. The number of aromatic nitrogens is 2. The molecule has 10 aromatic carbocycles. The average molecular weight is 816 g/mol. The van der Waals surface area contributed by atoms with Gasteiger partial charge in [0.15, 0.2) is 0 Å². The molecule has 14 rings (SSSR count). The molecular formula is C60H37N3O. The van der Waals surface area contributed by atoms with E-state index in [9.17, 15) is 0 Å². The Morgan fingerprint density at radius 1 is 0.297 bits per heavy atom. The minimum atomic E-state index is 0.900. The Bertz CT molecular complexity index is 4120. The Balaban J connectivity index is 0.896. The average Bonchev–Trinajstić information content (AvgIpc) is 4.10. The van der Waals surface area contributed by atoms with Gasteiger partial charge in [-0.2, -0.15) is 0 Å². The molecule has 298 valence electrons. The molecule has 4 nitrogen and oxygen atoms in total. The maximum absolute atomic E-state index is 6.28. The van der Waals surface area contributed by atoms with Crippen LogP contribution in [-0.4, -0.2) is 8.97 Å². The minimum Gasteiger partial charge on any atom is -0.456 e. The lowest BCUT2D eigenvalue weighted by Gasteiger charge is -2.26. The van der Waals surface area contributed by atoms with Crippen molar-refractivity contribution < 1.29 is 4.42 Å². The third-order valence-corrected chi connectivity index (χ3v) is 13.4. The first-order valence-electron chi connectivity index (χ1n) is 21.9. The molecule has 0 spiro atoms. The molecule has 0 aliphatic rings. The van der Waals surface area contributed by atoms with E-state index in [1.165, 1.54) is 71.0 Å². The standard InChI is InChI=1S/C60H37N3O/c1-2-11-42(12-3-1)62-54-18-7-5-14-47(54)52-35-40(26-33-56(52)62)38-21-27-43(28-22-38)61(44-29-23-39(24-30-44)41-25-32-49-48-15-6-9-20-58(48)64-59(49)36-41)45-31-34-57-53(37-45)51-17-10-16-50-46-13-4-8-19-55(46)63(57)60(50)51/h1-37H. The number of furan rings is 1. The maximum atomic E-state index is 6.28. The molecule has 0 N–H and O–H groups in total. The number of anilines is 3. The normalized spacial score (nSPS) is 12.1. The van der Waals surface area contributed by atoms with Gasteiger partial charge in [0.05, 0.1) is 27.6 Å². The van der Waals surface area contributed by atoms with Crippen LogP contribution in [0, 0.1) is 0 Å². The Kier molecular flexibility index (Phi) is 7.36. The predicted octanol–water partition coefficient (Wildman–Crippen LogP) is 16.6. The highest BCUT2D eigenvalue weighted by Gasteiger charge is 2.21. The smallest absolute Gasteiger partial charge is 0.136 e. The van der Waals surface area contributed by atoms with E-state index >= 15 is 0 Å². The van der Waals surface area contributed by atoms with Crippen molar-refractivity contribution in [1.29, 1.82) is 0 Å². The highest BCUT2D eigenvalue weighted by atomic mass is 16.3. The summed E-state index contributed by atoms with van der Waals surface area (Å²) in [5.74, 6) is 0. The lowest BCUT2D eigenvalue weighted by atomic mass is 10.0. The van der Waals surface area contributed by atoms with Crippen LogP contribution in [0.2, 0.25) is 0 Å². The van der Waals surface area contributed by atoms with E-state index in [0.29, 0.717) is 0 Å². The Morgan fingerprint density at radius 3 is 1.56 bits per heavy atom. The lowest BCUT2D eigenvalue weighted by molar-refractivity contribution is 0.669. The number of fused-ring (bicyclic) bond motifs is 12. The molecule has 4 heteroatoms. The van der Waals surface area contributed by atoms with Gasteiger partial charge in [0.25, 0.3) is 0 Å². The summed E-state index contributed by atoms with van der Waals surface area (Å²) in [4.78, 5) is 2.39. The molecule has 4 aromatic heterocycles. The van der Waals surface area contributed by atoms with Crippen LogP contribution in [0.25, 0.3) is 110 Å². The zero-order valence-electron chi connectivity index (χ0n) is 34.6. The SMILES string of the molecule is c1ccc(-n2c3ccccc3c3cc(-c4ccc(N(c5ccc(-c6ccc7c(c6)oc6ccccc67)cc5)c5ccc6c(c5)c5cccc7c8ccccc8n6c75)cc4)ccc32)cc1. The van der Waals surface area contributed by atoms with E-state index in [0.717, 1.165) is 55.8 Å². The van der Waals surface area contributed by atoms with Gasteiger partial charge in [-0.15, -0.1) is 0 Å². The van der Waals surface area contributed by atoms with Crippen LogP contribution < -0.4 is 4.90 Å². The number of benzene rings is 10. The molecule has 0 bridgehead atoms. The van der Waals surface area contributed by atoms with Gasteiger partial charge in [-0.1, -0.05) is 127 Å². The van der Waals surface area contributed by atoms with E-state index in [1.54, 1.807) is 0 Å². The fourth-order valence-electron chi connectivity index (χ4n) is 10.5. The highest BCUT2D eigenvalue weighted by Crippen LogP contribution is 2.44. The highest BCUT2D eigenvalue weighted by molar-refractivity contribution is 6.23. The molecule has 0 saturated carbocycles. The first-order chi connectivity index (χ1) is 31.7. The third-order valence-electron chi connectivity index (χ3n) is 13.4. The molecule has 0 aliphatic carbocycles. The second-order valence-electron chi connectivity index (χ2n) is 16.9. The van der Waals surface area contributed by atoms with E-state index in [4.69, 9.17) is 4.42 Å². The molecule has 4 heterocycles. The van der Waals surface area contributed by atoms with Crippen molar-refractivity contribution in [2.75, 3.05) is 4.90 Å². The number of rotatable bonds is 6. The summed E-state index contributed by atoms with van der Waals surface area (Å²) in [5.41, 5.74) is 17.0. The van der Waals surface area contributed by atoms with Crippen LogP contribution in [0.15, 0.2) is 229 Å². The van der Waals surface area contributed by atoms with E-state index in [2.05, 4.69) is 226 Å². The summed E-state index contributed by atoms with van der Waals surface area (Å²) in [6, 6.07) is 81.5. The first-order valence-corrected chi connectivity index (χ1v) is 21.9. The summed E-state index contributed by atoms with van der Waals surface area (Å²) in [5, 5.41) is 9.85. The largest absolute Gasteiger partial charge is 0.456 e. The molecule has 0 amide bonds. The van der Waals surface area contributed by atoms with E-state index in [-0.39, 0.29) is 0 Å². The molecule has 0 atom stereocenters. The van der Waals surface area contributed by atoms with Crippen LogP contribution in [0.1, 0.15) is 0 Å². The Hall–Kier alpha value is -8.60. The van der Waals surface area contributed by atoms with Crippen molar-refractivity contribution in [3.05, 3.63) is 224 Å². The third kappa shape index (κ3) is 5.11. The topological polar surface area (TPSA) is 25.7 Å². The minimum absolute atomic E-state index is 0.900. The van der Waals surface area contributed by atoms with Crippen molar-refractivity contribution in [3.63, 3.8) is 0 Å². The van der Waals surface area contributed by atoms with Gasteiger partial charge in [-0.25, -0.2) is 0 Å². The fraction of sp³-hybridized carbons (Fsp3) is 0. The van der Waals surface area contributed by atoms with Gasteiger partial charge in [0.2, 0.25) is 0 Å². The number of para-hydroxylation sites is 5. The number of nitrogens with zero attached hydrogens (tertiary/aromatic N) is 3. The van der Waals surface area contributed by atoms with Crippen molar-refractivity contribution in [3.8, 4) is 27.9 Å². The lowest BCUT2D eigenvalue weighted by Crippen LogP contribution is -2.09. The molecule has 14 aromatic rings. The van der Waals surface area contributed by atoms with Gasteiger partial charge >= 0.3 is 0 Å². The summed E-state index contributed by atoms with van der Waals surface area (Å²) in [6.07, 6.45) is 0. The second-order valence-corrected chi connectivity index (χ2v) is 16.9. The Labute approximate surface area is 368 Å². The molecule has 0 fully saturated rings. The van der Waals surface area contributed by atoms with Crippen molar-refractivity contribution in [2.24, 2.45) is 0 Å². The molecule has 0 aliphatic heterocycles. The van der Waals surface area contributed by atoms with Gasteiger partial charge in [0, 0.05) is 65.8 Å². The van der Waals surface area contributed by atoms with Crippen molar-refractivity contribution in [2.45, 2.75) is 0 Å². The summed E-state index contributed by atoms with van der Waals surface area (Å²) >= 11 is 0. The molecule has 64 heavy (non-hydrogen) atoms. The van der Waals surface area contributed by atoms with E-state index in [1.807, 2.05) is 12.1 Å². The summed E-state index contributed by atoms with van der Waals surface area (Å²) in [7, 11) is 0. The second kappa shape index (κ2) is 13.4. The van der Waals surface area contributed by atoms with Crippen LogP contribution in [0.4, 0.5) is 17.1 Å². The van der Waals surface area contributed by atoms with Gasteiger partial charge in [0.1, 0.15) is 11.2 Å².